The summed E-state index contributed by atoms with van der Waals surface area (Å²) >= 11 is 0.789. The third kappa shape index (κ3) is 2.91. The largest absolute Gasteiger partial charge is 0.469 e. The molecule has 1 fully saturated rings. The Morgan fingerprint density at radius 1 is 1.38 bits per heavy atom. The molecule has 1 unspecified atom stereocenters. The lowest BCUT2D eigenvalue weighted by Crippen LogP contribution is -2.49. The van der Waals surface area contributed by atoms with Crippen LogP contribution < -0.4 is 0 Å². The minimum atomic E-state index is -4.80. The van der Waals surface area contributed by atoms with Gasteiger partial charge in [-0.3, -0.25) is 4.79 Å². The number of aliphatic hydroxyl groups is 1. The molecule has 118 valence electrons. The van der Waals surface area contributed by atoms with E-state index in [4.69, 9.17) is 0 Å². The third-order valence-corrected chi connectivity index (χ3v) is 4.94. The van der Waals surface area contributed by atoms with Gasteiger partial charge >= 0.3 is 12.1 Å². The van der Waals surface area contributed by atoms with Crippen LogP contribution in [0.2, 0.25) is 0 Å². The number of halogens is 3. The number of ether oxygens (including phenoxy) is 1. The average molecular weight is 323 g/mol. The molecule has 1 atom stereocenters. The smallest absolute Gasteiger partial charge is 0.424 e. The lowest BCUT2D eigenvalue weighted by molar-refractivity contribution is -0.290. The lowest BCUT2D eigenvalue weighted by atomic mass is 9.73. The highest BCUT2D eigenvalue weighted by atomic mass is 32.1. The lowest BCUT2D eigenvalue weighted by Gasteiger charge is -2.39. The van der Waals surface area contributed by atoms with Crippen molar-refractivity contribution in [1.29, 1.82) is 0 Å². The number of aromatic nitrogens is 1. The molecule has 21 heavy (non-hydrogen) atoms. The Morgan fingerprint density at radius 2 is 2.00 bits per heavy atom. The second kappa shape index (κ2) is 5.92. The molecule has 1 aromatic rings. The maximum Gasteiger partial charge on any atom is 0.424 e. The molecule has 1 aliphatic carbocycles. The topological polar surface area (TPSA) is 59.4 Å². The van der Waals surface area contributed by atoms with Crippen LogP contribution in [0.15, 0.2) is 11.6 Å². The Kier molecular flexibility index (Phi) is 4.57. The molecule has 0 radical (unpaired) electrons. The highest BCUT2D eigenvalue weighted by Gasteiger charge is 2.61. The summed E-state index contributed by atoms with van der Waals surface area (Å²) in [6, 6.07) is 0. The predicted molar refractivity (Wildman–Crippen MR) is 69.5 cm³/mol. The van der Waals surface area contributed by atoms with Crippen LogP contribution >= 0.6 is 11.3 Å². The van der Waals surface area contributed by atoms with Crippen molar-refractivity contribution in [1.82, 2.24) is 4.98 Å². The van der Waals surface area contributed by atoms with Crippen LogP contribution in [0.4, 0.5) is 13.2 Å². The van der Waals surface area contributed by atoms with Gasteiger partial charge in [-0.05, 0) is 25.7 Å². The molecule has 0 aliphatic heterocycles. The van der Waals surface area contributed by atoms with Crippen molar-refractivity contribution in [3.63, 3.8) is 0 Å². The first-order chi connectivity index (χ1) is 9.80. The molecule has 0 aromatic carbocycles. The molecule has 1 heterocycles. The van der Waals surface area contributed by atoms with Gasteiger partial charge in [0, 0.05) is 17.5 Å². The molecular weight excluding hydrogens is 307 g/mol. The van der Waals surface area contributed by atoms with Crippen LogP contribution in [0.3, 0.4) is 0 Å². The Labute approximate surface area is 124 Å². The molecule has 0 bridgehead atoms. The number of methoxy groups -OCH3 is 1. The second-order valence-electron chi connectivity index (χ2n) is 5.17. The van der Waals surface area contributed by atoms with Crippen molar-refractivity contribution >= 4 is 17.3 Å². The number of thiazole rings is 1. The Morgan fingerprint density at radius 3 is 2.43 bits per heavy atom. The third-order valence-electron chi connectivity index (χ3n) is 4.04. The predicted octanol–water partition coefficient (Wildman–Crippen LogP) is 2.87. The Balaban J connectivity index is 2.20. The maximum absolute atomic E-state index is 13.4. The Bertz CT molecular complexity index is 483. The van der Waals surface area contributed by atoms with Gasteiger partial charge in [0.1, 0.15) is 5.01 Å². The van der Waals surface area contributed by atoms with E-state index in [1.54, 1.807) is 0 Å². The van der Waals surface area contributed by atoms with Crippen LogP contribution in [-0.2, 0) is 15.1 Å². The molecule has 1 N–H and O–H groups in total. The van der Waals surface area contributed by atoms with Gasteiger partial charge in [-0.15, -0.1) is 11.3 Å². The molecule has 8 heteroatoms. The molecule has 2 rings (SSSR count). The van der Waals surface area contributed by atoms with E-state index in [2.05, 4.69) is 9.72 Å². The van der Waals surface area contributed by atoms with E-state index < -0.39 is 23.7 Å². The zero-order chi connectivity index (χ0) is 15.7. The van der Waals surface area contributed by atoms with E-state index in [0.29, 0.717) is 0 Å². The molecule has 0 saturated heterocycles. The van der Waals surface area contributed by atoms with E-state index >= 15 is 0 Å². The minimum absolute atomic E-state index is 0.107. The van der Waals surface area contributed by atoms with E-state index in [9.17, 15) is 23.1 Å². The Hall–Kier alpha value is -1.15. The summed E-state index contributed by atoms with van der Waals surface area (Å²) in [5.41, 5.74) is -2.94. The first kappa shape index (κ1) is 16.2. The molecule has 0 amide bonds. The fraction of sp³-hybridized carbons (Fsp3) is 0.692. The van der Waals surface area contributed by atoms with Gasteiger partial charge in [0.2, 0.25) is 5.60 Å². The molecule has 1 aromatic heterocycles. The number of hydrogen-bond acceptors (Lipinski definition) is 5. The number of esters is 1. The van der Waals surface area contributed by atoms with Gasteiger partial charge in [0.05, 0.1) is 13.0 Å². The highest BCUT2D eigenvalue weighted by molar-refractivity contribution is 7.09. The summed E-state index contributed by atoms with van der Waals surface area (Å²) in [6.45, 7) is 0. The van der Waals surface area contributed by atoms with Crippen LogP contribution in [0.25, 0.3) is 0 Å². The number of hydrogen-bond donors (Lipinski definition) is 1. The van der Waals surface area contributed by atoms with Gasteiger partial charge < -0.3 is 9.84 Å². The summed E-state index contributed by atoms with van der Waals surface area (Å²) in [5.74, 6) is -1.79. The first-order valence-electron chi connectivity index (χ1n) is 6.57. The minimum Gasteiger partial charge on any atom is -0.469 e. The van der Waals surface area contributed by atoms with Crippen molar-refractivity contribution in [3.05, 3.63) is 16.6 Å². The van der Waals surface area contributed by atoms with Crippen LogP contribution in [0.5, 0.6) is 0 Å². The quantitative estimate of drug-likeness (QED) is 0.869. The zero-order valence-electron chi connectivity index (χ0n) is 11.4. The summed E-state index contributed by atoms with van der Waals surface area (Å²) < 4.78 is 44.8. The summed E-state index contributed by atoms with van der Waals surface area (Å²) in [7, 11) is 1.26. The average Bonchev–Trinajstić information content (AvgIpc) is 2.99. The number of carbonyl (C=O) groups excluding carboxylic acids is 1. The van der Waals surface area contributed by atoms with E-state index in [0.717, 1.165) is 11.3 Å². The molecule has 4 nitrogen and oxygen atoms in total. The van der Waals surface area contributed by atoms with Gasteiger partial charge in [-0.25, -0.2) is 4.98 Å². The normalized spacial score (nSPS) is 26.1. The van der Waals surface area contributed by atoms with Crippen molar-refractivity contribution in [2.75, 3.05) is 7.11 Å². The molecule has 0 spiro atoms. The second-order valence-corrected chi connectivity index (χ2v) is 6.07. The zero-order valence-corrected chi connectivity index (χ0v) is 12.2. The van der Waals surface area contributed by atoms with Gasteiger partial charge in [-0.1, -0.05) is 0 Å². The number of carbonyl (C=O) groups is 1. The van der Waals surface area contributed by atoms with E-state index in [-0.39, 0.29) is 36.6 Å². The number of nitrogens with zero attached hydrogens (tertiary/aromatic N) is 1. The van der Waals surface area contributed by atoms with E-state index in [1.165, 1.54) is 18.7 Å². The summed E-state index contributed by atoms with van der Waals surface area (Å²) in [5, 5.41) is 11.4. The van der Waals surface area contributed by atoms with Crippen LogP contribution in [-0.4, -0.2) is 29.3 Å². The fourth-order valence-electron chi connectivity index (χ4n) is 2.85. The van der Waals surface area contributed by atoms with Crippen molar-refractivity contribution in [2.24, 2.45) is 11.8 Å². The standard InChI is InChI=1S/C13H16F3NO3S/c1-20-10(18)8-2-4-9(5-3-8)12(19,13(14,15)16)11-17-6-7-21-11/h6-9,19H,2-5H2,1H3/t8-,9-,12?. The number of alkyl halides is 3. The summed E-state index contributed by atoms with van der Waals surface area (Å²) in [6.07, 6.45) is -2.78. The van der Waals surface area contributed by atoms with Gasteiger partial charge in [-0.2, -0.15) is 13.2 Å². The fourth-order valence-corrected chi connectivity index (χ4v) is 3.69. The SMILES string of the molecule is COC(=O)[C@H]1CC[C@H](C(O)(c2nccs2)C(F)(F)F)CC1. The van der Waals surface area contributed by atoms with Crippen molar-refractivity contribution in [3.8, 4) is 0 Å². The first-order valence-corrected chi connectivity index (χ1v) is 7.45. The van der Waals surface area contributed by atoms with E-state index in [1.807, 2.05) is 0 Å². The maximum atomic E-state index is 13.4. The molecule has 1 saturated carbocycles. The monoisotopic (exact) mass is 323 g/mol. The molecule has 1 aliphatic rings. The van der Waals surface area contributed by atoms with Crippen LogP contribution in [0.1, 0.15) is 30.7 Å². The van der Waals surface area contributed by atoms with Gasteiger partial charge in [0.15, 0.2) is 0 Å². The highest BCUT2D eigenvalue weighted by Crippen LogP contribution is 2.50. The summed E-state index contributed by atoms with van der Waals surface area (Å²) in [4.78, 5) is 15.1. The molecular formula is C13H16F3NO3S. The van der Waals surface area contributed by atoms with Crippen molar-refractivity contribution < 1.29 is 27.8 Å². The van der Waals surface area contributed by atoms with Gasteiger partial charge in [0.25, 0.3) is 0 Å². The van der Waals surface area contributed by atoms with Crippen molar-refractivity contribution in [2.45, 2.75) is 37.5 Å². The van der Waals surface area contributed by atoms with Crippen LogP contribution in [0, 0.1) is 11.8 Å². The number of rotatable bonds is 3.